The molecule has 0 N–H and O–H groups in total. The van der Waals surface area contributed by atoms with Gasteiger partial charge in [0.1, 0.15) is 12.0 Å². The molecule has 2 atom stereocenters. The topological polar surface area (TPSA) is 76.3 Å². The lowest BCUT2D eigenvalue weighted by molar-refractivity contribution is 0.0648. The van der Waals surface area contributed by atoms with Crippen molar-refractivity contribution in [3.63, 3.8) is 0 Å². The lowest BCUT2D eigenvalue weighted by Gasteiger charge is -2.39. The number of halogens is 2. The van der Waals surface area contributed by atoms with Crippen molar-refractivity contribution < 1.29 is 13.6 Å². The third-order valence-electron chi connectivity index (χ3n) is 6.20. The molecule has 4 rings (SSSR count). The van der Waals surface area contributed by atoms with E-state index < -0.39 is 6.43 Å². The number of rotatable bonds is 6. The summed E-state index contributed by atoms with van der Waals surface area (Å²) in [7, 11) is 0. The predicted molar refractivity (Wildman–Crippen MR) is 116 cm³/mol. The Balaban J connectivity index is 1.71. The van der Waals surface area contributed by atoms with Crippen LogP contribution >= 0.6 is 0 Å². The first-order valence-electron chi connectivity index (χ1n) is 11.1. The number of likely N-dealkylation sites (tertiary alicyclic amines) is 1. The van der Waals surface area contributed by atoms with Crippen LogP contribution in [0, 0.1) is 19.8 Å². The molecule has 4 heterocycles. The van der Waals surface area contributed by atoms with Crippen molar-refractivity contribution in [2.24, 2.45) is 5.92 Å². The lowest BCUT2D eigenvalue weighted by Crippen LogP contribution is -2.43. The molecular formula is C23H28F2N6O. The molecule has 0 unspecified atom stereocenters. The Labute approximate surface area is 185 Å². The van der Waals surface area contributed by atoms with Gasteiger partial charge in [0.05, 0.1) is 5.69 Å². The van der Waals surface area contributed by atoms with Crippen molar-refractivity contribution in [3.05, 3.63) is 52.9 Å². The number of piperidine rings is 1. The van der Waals surface area contributed by atoms with E-state index in [1.165, 1.54) is 12.4 Å². The van der Waals surface area contributed by atoms with Gasteiger partial charge in [-0.1, -0.05) is 19.8 Å². The highest BCUT2D eigenvalue weighted by Crippen LogP contribution is 2.37. The van der Waals surface area contributed by atoms with Gasteiger partial charge < -0.3 is 4.90 Å². The summed E-state index contributed by atoms with van der Waals surface area (Å²) in [6, 6.07) is 5.03. The van der Waals surface area contributed by atoms with E-state index in [2.05, 4.69) is 27.0 Å². The predicted octanol–water partition coefficient (Wildman–Crippen LogP) is 4.51. The van der Waals surface area contributed by atoms with Crippen LogP contribution in [0.25, 0.3) is 5.78 Å². The maximum Gasteiger partial charge on any atom is 0.280 e. The number of carbonyl (C=O) groups excluding carboxylic acids is 1. The highest BCUT2D eigenvalue weighted by atomic mass is 19.3. The summed E-state index contributed by atoms with van der Waals surface area (Å²) in [6.45, 7) is 6.95. The van der Waals surface area contributed by atoms with Crippen LogP contribution in [0.4, 0.5) is 8.78 Å². The van der Waals surface area contributed by atoms with E-state index in [1.54, 1.807) is 16.6 Å². The zero-order valence-electron chi connectivity index (χ0n) is 18.6. The first kappa shape index (κ1) is 22.2. The lowest BCUT2D eigenvalue weighted by atomic mass is 9.79. The number of aryl methyl sites for hydroxylation is 2. The SMILES string of the molecule is CCCC[C@H]1CCN(C(=O)c2cc(C)nc(C)c2)C[C@H]1c1cc(C(F)F)nc2ncnn12. The van der Waals surface area contributed by atoms with Crippen molar-refractivity contribution in [1.29, 1.82) is 0 Å². The molecule has 1 fully saturated rings. The van der Waals surface area contributed by atoms with E-state index in [1.807, 2.05) is 18.7 Å². The Morgan fingerprint density at radius 2 is 1.94 bits per heavy atom. The number of hydrogen-bond donors (Lipinski definition) is 0. The maximum absolute atomic E-state index is 13.6. The number of nitrogens with zero attached hydrogens (tertiary/aromatic N) is 6. The zero-order chi connectivity index (χ0) is 22.8. The molecule has 0 aliphatic carbocycles. The number of carbonyl (C=O) groups is 1. The van der Waals surface area contributed by atoms with Gasteiger partial charge in [0.25, 0.3) is 18.1 Å². The summed E-state index contributed by atoms with van der Waals surface area (Å²) in [5.41, 5.74) is 2.53. The van der Waals surface area contributed by atoms with Crippen LogP contribution in [0.15, 0.2) is 24.5 Å². The summed E-state index contributed by atoms with van der Waals surface area (Å²) in [5, 5.41) is 4.25. The van der Waals surface area contributed by atoms with E-state index in [0.717, 1.165) is 37.1 Å². The van der Waals surface area contributed by atoms with Crippen molar-refractivity contribution in [3.8, 4) is 0 Å². The summed E-state index contributed by atoms with van der Waals surface area (Å²) in [6.07, 6.45) is 2.51. The van der Waals surface area contributed by atoms with Gasteiger partial charge in [-0.25, -0.2) is 18.3 Å². The van der Waals surface area contributed by atoms with E-state index in [9.17, 15) is 13.6 Å². The van der Waals surface area contributed by atoms with Gasteiger partial charge in [-0.05, 0) is 50.8 Å². The summed E-state index contributed by atoms with van der Waals surface area (Å²) >= 11 is 0. The van der Waals surface area contributed by atoms with Crippen LogP contribution in [0.3, 0.4) is 0 Å². The molecule has 0 saturated carbocycles. The van der Waals surface area contributed by atoms with Crippen LogP contribution in [0.5, 0.6) is 0 Å². The number of fused-ring (bicyclic) bond motifs is 1. The molecule has 0 radical (unpaired) electrons. The number of unbranched alkanes of at least 4 members (excludes halogenated alkanes) is 1. The van der Waals surface area contributed by atoms with Gasteiger partial charge in [0.2, 0.25) is 0 Å². The second-order valence-corrected chi connectivity index (χ2v) is 8.57. The average molecular weight is 443 g/mol. The molecule has 7 nitrogen and oxygen atoms in total. The van der Waals surface area contributed by atoms with E-state index in [-0.39, 0.29) is 29.2 Å². The third kappa shape index (κ3) is 4.47. The third-order valence-corrected chi connectivity index (χ3v) is 6.20. The molecule has 3 aromatic rings. The zero-order valence-corrected chi connectivity index (χ0v) is 18.6. The Morgan fingerprint density at radius 1 is 1.19 bits per heavy atom. The molecule has 0 aromatic carbocycles. The molecule has 170 valence electrons. The van der Waals surface area contributed by atoms with Gasteiger partial charge in [-0.3, -0.25) is 9.78 Å². The second kappa shape index (κ2) is 9.26. The van der Waals surface area contributed by atoms with Gasteiger partial charge in [0, 0.05) is 36.0 Å². The molecule has 1 saturated heterocycles. The number of aromatic nitrogens is 5. The molecule has 3 aromatic heterocycles. The normalized spacial score (nSPS) is 19.1. The second-order valence-electron chi connectivity index (χ2n) is 8.57. The highest BCUT2D eigenvalue weighted by molar-refractivity contribution is 5.94. The van der Waals surface area contributed by atoms with E-state index in [0.29, 0.717) is 24.3 Å². The first-order chi connectivity index (χ1) is 15.4. The number of hydrogen-bond acceptors (Lipinski definition) is 5. The Morgan fingerprint density at radius 3 is 2.62 bits per heavy atom. The molecule has 9 heteroatoms. The van der Waals surface area contributed by atoms with Crippen molar-refractivity contribution in [1.82, 2.24) is 29.5 Å². The van der Waals surface area contributed by atoms with Gasteiger partial charge in [0.15, 0.2) is 0 Å². The minimum absolute atomic E-state index is 0.0597. The minimum atomic E-state index is -2.70. The Hall–Kier alpha value is -2.97. The molecule has 1 aliphatic rings. The van der Waals surface area contributed by atoms with Crippen LogP contribution < -0.4 is 0 Å². The summed E-state index contributed by atoms with van der Waals surface area (Å²) in [5.74, 6) is 0.236. The Kier molecular flexibility index (Phi) is 6.43. The van der Waals surface area contributed by atoms with Gasteiger partial charge in [-0.2, -0.15) is 10.1 Å². The Bertz CT molecular complexity index is 1090. The maximum atomic E-state index is 13.6. The van der Waals surface area contributed by atoms with Gasteiger partial charge in [-0.15, -0.1) is 0 Å². The quantitative estimate of drug-likeness (QED) is 0.561. The fourth-order valence-electron chi connectivity index (χ4n) is 4.70. The number of amides is 1. The highest BCUT2D eigenvalue weighted by Gasteiger charge is 2.35. The van der Waals surface area contributed by atoms with Crippen molar-refractivity contribution in [2.75, 3.05) is 13.1 Å². The fourth-order valence-corrected chi connectivity index (χ4v) is 4.70. The summed E-state index contributed by atoms with van der Waals surface area (Å²) < 4.78 is 28.7. The smallest absolute Gasteiger partial charge is 0.280 e. The number of pyridine rings is 1. The standard InChI is InChI=1S/C23H28F2N6O/c1-4-5-6-16-7-8-30(22(32)17-9-14(2)28-15(3)10-17)12-18(16)20-11-19(21(24)25)29-23-26-13-27-31(20)23/h9-11,13,16,18,21H,4-8,12H2,1-3H3/t16-,18+/m0/s1. The molecule has 0 bridgehead atoms. The first-order valence-corrected chi connectivity index (χ1v) is 11.1. The molecule has 1 amide bonds. The van der Waals surface area contributed by atoms with Crippen LogP contribution in [0.2, 0.25) is 0 Å². The van der Waals surface area contributed by atoms with Crippen LogP contribution in [-0.2, 0) is 0 Å². The molecular weight excluding hydrogens is 414 g/mol. The average Bonchev–Trinajstić information content (AvgIpc) is 3.24. The monoisotopic (exact) mass is 442 g/mol. The molecule has 0 spiro atoms. The van der Waals surface area contributed by atoms with Crippen LogP contribution in [0.1, 0.15) is 78.1 Å². The van der Waals surface area contributed by atoms with Crippen molar-refractivity contribution in [2.45, 2.75) is 58.8 Å². The van der Waals surface area contributed by atoms with Crippen LogP contribution in [-0.4, -0.2) is 48.5 Å². The number of alkyl halides is 2. The largest absolute Gasteiger partial charge is 0.338 e. The molecule has 1 aliphatic heterocycles. The minimum Gasteiger partial charge on any atom is -0.338 e. The molecule has 32 heavy (non-hydrogen) atoms. The van der Waals surface area contributed by atoms with E-state index >= 15 is 0 Å². The van der Waals surface area contributed by atoms with Gasteiger partial charge >= 0.3 is 0 Å². The van der Waals surface area contributed by atoms with Crippen molar-refractivity contribution >= 4 is 11.7 Å². The van der Waals surface area contributed by atoms with E-state index in [4.69, 9.17) is 0 Å². The fraction of sp³-hybridized carbons (Fsp3) is 0.522. The summed E-state index contributed by atoms with van der Waals surface area (Å²) in [4.78, 5) is 27.5.